The molecule has 2 rings (SSSR count). The van der Waals surface area contributed by atoms with E-state index >= 15 is 0 Å². The Balaban J connectivity index is 2.11. The highest BCUT2D eigenvalue weighted by Gasteiger charge is 2.01. The Morgan fingerprint density at radius 3 is 2.43 bits per heavy atom. The minimum absolute atomic E-state index is 0.927. The number of pyridine rings is 1. The van der Waals surface area contributed by atoms with Gasteiger partial charge >= 0.3 is 0 Å². The summed E-state index contributed by atoms with van der Waals surface area (Å²) >= 11 is 4.24. The van der Waals surface area contributed by atoms with Crippen LogP contribution in [-0.4, -0.2) is 19.8 Å². The second-order valence-corrected chi connectivity index (χ2v) is 5.68. The number of hydrogen-bond acceptors (Lipinski definition) is 2. The SMILES string of the molecule is CN(C)c1ccccc1C=Cc1cc[n+](CCCS)cc1. The van der Waals surface area contributed by atoms with Crippen LogP contribution in [0.5, 0.6) is 0 Å². The lowest BCUT2D eigenvalue weighted by atomic mass is 10.1. The summed E-state index contributed by atoms with van der Waals surface area (Å²) in [5, 5.41) is 0. The minimum atomic E-state index is 0.927. The van der Waals surface area contributed by atoms with Crippen molar-refractivity contribution in [1.82, 2.24) is 0 Å². The van der Waals surface area contributed by atoms with Crippen molar-refractivity contribution in [3.05, 3.63) is 59.9 Å². The average Bonchev–Trinajstić information content (AvgIpc) is 2.52. The Labute approximate surface area is 133 Å². The maximum absolute atomic E-state index is 4.24. The zero-order valence-corrected chi connectivity index (χ0v) is 13.6. The third kappa shape index (κ3) is 4.64. The third-order valence-corrected chi connectivity index (χ3v) is 3.68. The maximum Gasteiger partial charge on any atom is 0.169 e. The lowest BCUT2D eigenvalue weighted by Gasteiger charge is -2.15. The number of benzene rings is 1. The van der Waals surface area contributed by atoms with Gasteiger partial charge in [-0.2, -0.15) is 12.6 Å². The van der Waals surface area contributed by atoms with Crippen LogP contribution in [0.1, 0.15) is 17.5 Å². The number of anilines is 1. The van der Waals surface area contributed by atoms with Crippen molar-refractivity contribution >= 4 is 30.5 Å². The number of rotatable bonds is 6. The molecule has 0 radical (unpaired) electrons. The molecule has 21 heavy (non-hydrogen) atoms. The van der Waals surface area contributed by atoms with E-state index in [1.54, 1.807) is 0 Å². The topological polar surface area (TPSA) is 7.12 Å². The summed E-state index contributed by atoms with van der Waals surface area (Å²) in [5.41, 5.74) is 3.67. The molecule has 0 aliphatic heterocycles. The van der Waals surface area contributed by atoms with Crippen LogP contribution in [-0.2, 0) is 6.54 Å². The van der Waals surface area contributed by atoms with E-state index < -0.39 is 0 Å². The molecule has 1 heterocycles. The molecule has 1 aromatic heterocycles. The van der Waals surface area contributed by atoms with E-state index in [0.717, 1.165) is 18.7 Å². The summed E-state index contributed by atoms with van der Waals surface area (Å²) < 4.78 is 2.20. The minimum Gasteiger partial charge on any atom is -0.377 e. The van der Waals surface area contributed by atoms with Crippen molar-refractivity contribution < 1.29 is 4.57 Å². The zero-order valence-electron chi connectivity index (χ0n) is 12.7. The van der Waals surface area contributed by atoms with Crippen LogP contribution in [0.25, 0.3) is 12.2 Å². The van der Waals surface area contributed by atoms with Crippen molar-refractivity contribution in [2.75, 3.05) is 24.7 Å². The molecular formula is C18H23N2S+. The van der Waals surface area contributed by atoms with Crippen LogP contribution in [0.15, 0.2) is 48.8 Å². The molecule has 0 bridgehead atoms. The fourth-order valence-corrected chi connectivity index (χ4v) is 2.35. The first-order valence-electron chi connectivity index (χ1n) is 7.25. The second kappa shape index (κ2) is 7.89. The lowest BCUT2D eigenvalue weighted by molar-refractivity contribution is -0.696. The Morgan fingerprint density at radius 2 is 1.76 bits per heavy atom. The largest absolute Gasteiger partial charge is 0.377 e. The summed E-state index contributed by atoms with van der Waals surface area (Å²) in [6.07, 6.45) is 9.68. The molecule has 0 unspecified atom stereocenters. The van der Waals surface area contributed by atoms with E-state index in [2.05, 4.69) is 97.1 Å². The van der Waals surface area contributed by atoms with E-state index in [-0.39, 0.29) is 0 Å². The van der Waals surface area contributed by atoms with Gasteiger partial charge in [-0.15, -0.1) is 0 Å². The Morgan fingerprint density at radius 1 is 1.05 bits per heavy atom. The van der Waals surface area contributed by atoms with Gasteiger partial charge in [0.15, 0.2) is 12.4 Å². The van der Waals surface area contributed by atoms with Gasteiger partial charge in [0.1, 0.15) is 6.54 Å². The van der Waals surface area contributed by atoms with Crippen LogP contribution < -0.4 is 9.47 Å². The second-order valence-electron chi connectivity index (χ2n) is 5.23. The number of para-hydroxylation sites is 1. The Kier molecular flexibility index (Phi) is 5.88. The van der Waals surface area contributed by atoms with Gasteiger partial charge < -0.3 is 4.90 Å². The molecule has 0 spiro atoms. The standard InChI is InChI=1S/C18H22N2S/c1-19(2)18-7-4-3-6-17(18)9-8-16-10-13-20(14-11-16)12-5-15-21/h3-4,6-11,13-14H,5,12,15H2,1-2H3/p+1. The van der Waals surface area contributed by atoms with Gasteiger partial charge in [-0.25, -0.2) is 4.57 Å². The molecule has 1 aromatic carbocycles. The molecule has 0 saturated carbocycles. The number of aryl methyl sites for hydroxylation is 1. The highest BCUT2D eigenvalue weighted by atomic mass is 32.1. The molecule has 0 aliphatic carbocycles. The molecule has 0 N–H and O–H groups in total. The van der Waals surface area contributed by atoms with Gasteiger partial charge in [-0.3, -0.25) is 0 Å². The highest BCUT2D eigenvalue weighted by Crippen LogP contribution is 2.20. The summed E-state index contributed by atoms with van der Waals surface area (Å²) in [5.74, 6) is 0.927. The van der Waals surface area contributed by atoms with Crippen molar-refractivity contribution in [3.8, 4) is 0 Å². The Hall–Kier alpha value is -1.74. The van der Waals surface area contributed by atoms with Crippen LogP contribution >= 0.6 is 12.6 Å². The van der Waals surface area contributed by atoms with Gasteiger partial charge in [0.25, 0.3) is 0 Å². The molecule has 110 valence electrons. The monoisotopic (exact) mass is 299 g/mol. The fourth-order valence-electron chi connectivity index (χ4n) is 2.20. The molecule has 0 aliphatic rings. The first-order chi connectivity index (χ1) is 10.2. The van der Waals surface area contributed by atoms with E-state index in [0.29, 0.717) is 0 Å². The van der Waals surface area contributed by atoms with Gasteiger partial charge in [-0.1, -0.05) is 30.4 Å². The molecule has 2 aromatic rings. The van der Waals surface area contributed by atoms with Gasteiger partial charge in [0.05, 0.1) is 0 Å². The van der Waals surface area contributed by atoms with Crippen molar-refractivity contribution in [2.24, 2.45) is 0 Å². The first-order valence-corrected chi connectivity index (χ1v) is 7.88. The van der Waals surface area contributed by atoms with E-state index in [1.807, 2.05) is 0 Å². The maximum atomic E-state index is 4.24. The van der Waals surface area contributed by atoms with E-state index in [4.69, 9.17) is 0 Å². The number of thiol groups is 1. The lowest BCUT2D eigenvalue weighted by Crippen LogP contribution is -2.32. The number of aromatic nitrogens is 1. The van der Waals surface area contributed by atoms with Crippen LogP contribution in [0.2, 0.25) is 0 Å². The third-order valence-electron chi connectivity index (χ3n) is 3.37. The predicted molar refractivity (Wildman–Crippen MR) is 94.8 cm³/mol. The molecule has 0 fully saturated rings. The van der Waals surface area contributed by atoms with Gasteiger partial charge in [-0.05, 0) is 22.9 Å². The normalized spacial score (nSPS) is 11.0. The molecule has 0 saturated heterocycles. The molecular weight excluding hydrogens is 276 g/mol. The van der Waals surface area contributed by atoms with E-state index in [9.17, 15) is 0 Å². The molecule has 2 nitrogen and oxygen atoms in total. The number of hydrogen-bond donors (Lipinski definition) is 1. The summed E-state index contributed by atoms with van der Waals surface area (Å²) in [4.78, 5) is 2.14. The fraction of sp³-hybridized carbons (Fsp3) is 0.278. The predicted octanol–water partition coefficient (Wildman–Crippen LogP) is 3.53. The van der Waals surface area contributed by atoms with Crippen LogP contribution in [0.4, 0.5) is 5.69 Å². The smallest absolute Gasteiger partial charge is 0.169 e. The van der Waals surface area contributed by atoms with Gasteiger partial charge in [0, 0.05) is 38.3 Å². The van der Waals surface area contributed by atoms with Crippen LogP contribution in [0, 0.1) is 0 Å². The molecule has 0 atom stereocenters. The highest BCUT2D eigenvalue weighted by molar-refractivity contribution is 7.80. The quantitative estimate of drug-likeness (QED) is 0.633. The van der Waals surface area contributed by atoms with Crippen molar-refractivity contribution in [1.29, 1.82) is 0 Å². The summed E-state index contributed by atoms with van der Waals surface area (Å²) in [7, 11) is 4.14. The molecule has 0 amide bonds. The van der Waals surface area contributed by atoms with Crippen molar-refractivity contribution in [2.45, 2.75) is 13.0 Å². The zero-order chi connectivity index (χ0) is 15.1. The van der Waals surface area contributed by atoms with Crippen molar-refractivity contribution in [3.63, 3.8) is 0 Å². The summed E-state index contributed by atoms with van der Waals surface area (Å²) in [6.45, 7) is 1.02. The number of nitrogens with zero attached hydrogens (tertiary/aromatic N) is 2. The van der Waals surface area contributed by atoms with Gasteiger partial charge in [0.2, 0.25) is 0 Å². The first kappa shape index (κ1) is 15.6. The Bertz CT molecular complexity index is 588. The van der Waals surface area contributed by atoms with E-state index in [1.165, 1.54) is 16.8 Å². The summed E-state index contributed by atoms with van der Waals surface area (Å²) in [6, 6.07) is 12.7. The molecule has 3 heteroatoms. The average molecular weight is 299 g/mol. The van der Waals surface area contributed by atoms with Crippen LogP contribution in [0.3, 0.4) is 0 Å².